The van der Waals surface area contributed by atoms with Crippen molar-refractivity contribution >= 4 is 23.9 Å². The number of carboxylic acid groups (broad SMARTS) is 1. The maximum absolute atomic E-state index is 12.4. The van der Waals surface area contributed by atoms with Gasteiger partial charge in [-0.05, 0) is 88.0 Å². The zero-order valence-corrected chi connectivity index (χ0v) is 28.8. The second-order valence-electron chi connectivity index (χ2n) is 13.5. The van der Waals surface area contributed by atoms with Gasteiger partial charge in [0.25, 0.3) is 0 Å². The smallest absolute Gasteiger partial charge is 0.481 e. The van der Waals surface area contributed by atoms with E-state index in [9.17, 15) is 19.2 Å². The number of hydrogen-bond donors (Lipinski definition) is 3. The molecule has 2 atom stereocenters. The zero-order valence-electron chi connectivity index (χ0n) is 29.8. The van der Waals surface area contributed by atoms with Crippen molar-refractivity contribution in [2.75, 3.05) is 26.4 Å². The standard InChI is InChI=1S/C16H30O5.C12H22O5.C4H10/c1-8-16(7,13(19)21-14(2,3)4)11-15(5,6)12(18)20-10-9-17;1-5-12(4,9(14)15)8-11(2,3)10(16)17-7-6-13;1-3-4-2/h17H,8-11H2,1-7H3;13H,5-8H2,1-4H3,(H,14,15);3-4H2,1-2H3/p+1. The highest BCUT2D eigenvalue weighted by atomic mass is 16.6. The minimum Gasteiger partial charge on any atom is -0.481 e. The number of hydrogen-bond acceptors (Lipinski definition) is 9. The van der Waals surface area contributed by atoms with Crippen LogP contribution in [0.25, 0.3) is 0 Å². The number of carbonyl (C=O) groups excluding carboxylic acids is 3. The average Bonchev–Trinajstić information content (AvgIpc) is 2.88. The van der Waals surface area contributed by atoms with Crippen LogP contribution in [0.3, 0.4) is 0 Å². The minimum absolute atomic E-state index is 0. The van der Waals surface area contributed by atoms with Crippen molar-refractivity contribution in [1.29, 1.82) is 0 Å². The molecule has 0 aromatic rings. The molecule has 0 amide bonds. The maximum Gasteiger partial charge on any atom is 1.00 e. The molecule has 0 bridgehead atoms. The van der Waals surface area contributed by atoms with Crippen LogP contribution in [0.5, 0.6) is 0 Å². The first-order chi connectivity index (χ1) is 19.0. The predicted octanol–water partition coefficient (Wildman–Crippen LogP) is 6.05. The first kappa shape index (κ1) is 44.2. The number of esters is 3. The van der Waals surface area contributed by atoms with Gasteiger partial charge in [-0.1, -0.05) is 40.5 Å². The van der Waals surface area contributed by atoms with E-state index >= 15 is 0 Å². The fourth-order valence-electron chi connectivity index (χ4n) is 3.86. The molecule has 10 heteroatoms. The predicted molar refractivity (Wildman–Crippen MR) is 165 cm³/mol. The normalized spacial score (nSPS) is 14.5. The van der Waals surface area contributed by atoms with Gasteiger partial charge in [0.05, 0.1) is 34.9 Å². The molecule has 0 saturated heterocycles. The van der Waals surface area contributed by atoms with E-state index < -0.39 is 45.2 Å². The molecule has 3 N–H and O–H groups in total. The first-order valence-corrected chi connectivity index (χ1v) is 15.0. The van der Waals surface area contributed by atoms with Crippen molar-refractivity contribution in [1.82, 2.24) is 0 Å². The Morgan fingerprint density at radius 3 is 1.17 bits per heavy atom. The topological polar surface area (TPSA) is 157 Å². The molecule has 0 radical (unpaired) electrons. The number of carboxylic acids is 1. The Balaban J connectivity index is -0.000000312. The number of carbonyl (C=O) groups is 4. The molecule has 250 valence electrons. The number of aliphatic carboxylic acids is 1. The molecule has 0 aliphatic carbocycles. The molecule has 0 aromatic heterocycles. The zero-order chi connectivity index (χ0) is 34.0. The van der Waals surface area contributed by atoms with Gasteiger partial charge < -0.3 is 29.5 Å². The lowest BCUT2D eigenvalue weighted by molar-refractivity contribution is -0.171. The Morgan fingerprint density at radius 1 is 0.595 bits per heavy atom. The van der Waals surface area contributed by atoms with Crippen LogP contribution < -0.4 is 0 Å². The molecule has 0 saturated carbocycles. The summed E-state index contributed by atoms with van der Waals surface area (Å²) in [6.45, 7) is 23.2. The monoisotopic (exact) mass is 607 g/mol. The van der Waals surface area contributed by atoms with Crippen LogP contribution in [0.2, 0.25) is 0 Å². The molecular formula is C32H63O10+. The van der Waals surface area contributed by atoms with E-state index in [1.165, 1.54) is 12.8 Å². The average molecular weight is 608 g/mol. The van der Waals surface area contributed by atoms with Crippen molar-refractivity contribution in [3.8, 4) is 0 Å². The Bertz CT molecular complexity index is 817. The molecule has 42 heavy (non-hydrogen) atoms. The molecule has 0 rings (SSSR count). The molecule has 0 aromatic carbocycles. The third-order valence-corrected chi connectivity index (χ3v) is 6.89. The van der Waals surface area contributed by atoms with Gasteiger partial charge in [0, 0.05) is 0 Å². The van der Waals surface area contributed by atoms with Crippen LogP contribution in [-0.4, -0.2) is 71.2 Å². The van der Waals surface area contributed by atoms with Gasteiger partial charge in [-0.2, -0.15) is 0 Å². The summed E-state index contributed by atoms with van der Waals surface area (Å²) in [7, 11) is 0. The van der Waals surface area contributed by atoms with Crippen LogP contribution in [-0.2, 0) is 33.4 Å². The van der Waals surface area contributed by atoms with E-state index in [-0.39, 0.29) is 40.2 Å². The fourth-order valence-corrected chi connectivity index (χ4v) is 3.86. The quantitative estimate of drug-likeness (QED) is 0.148. The molecule has 0 aliphatic rings. The van der Waals surface area contributed by atoms with Crippen molar-refractivity contribution in [2.24, 2.45) is 21.7 Å². The van der Waals surface area contributed by atoms with Crippen molar-refractivity contribution in [3.05, 3.63) is 0 Å². The number of unbranched alkanes of at least 4 members (excludes halogenated alkanes) is 1. The molecule has 0 fully saturated rings. The molecule has 0 aliphatic heterocycles. The summed E-state index contributed by atoms with van der Waals surface area (Å²) in [5, 5.41) is 26.5. The summed E-state index contributed by atoms with van der Waals surface area (Å²) in [5.74, 6) is -2.11. The molecular weight excluding hydrogens is 544 g/mol. The highest BCUT2D eigenvalue weighted by Gasteiger charge is 2.44. The van der Waals surface area contributed by atoms with E-state index in [2.05, 4.69) is 13.8 Å². The lowest BCUT2D eigenvalue weighted by atomic mass is 9.72. The van der Waals surface area contributed by atoms with Crippen molar-refractivity contribution in [3.63, 3.8) is 0 Å². The summed E-state index contributed by atoms with van der Waals surface area (Å²) < 4.78 is 15.3. The van der Waals surface area contributed by atoms with Crippen molar-refractivity contribution in [2.45, 2.75) is 134 Å². The first-order valence-electron chi connectivity index (χ1n) is 15.0. The van der Waals surface area contributed by atoms with Gasteiger partial charge in [0.1, 0.15) is 18.8 Å². The Labute approximate surface area is 256 Å². The summed E-state index contributed by atoms with van der Waals surface area (Å²) in [5.41, 5.74) is -3.96. The van der Waals surface area contributed by atoms with Gasteiger partial charge >= 0.3 is 25.3 Å². The van der Waals surface area contributed by atoms with E-state index in [0.29, 0.717) is 19.3 Å². The number of ether oxygens (including phenoxy) is 3. The summed E-state index contributed by atoms with van der Waals surface area (Å²) in [4.78, 5) is 47.3. The van der Waals surface area contributed by atoms with Gasteiger partial charge in [-0.3, -0.25) is 19.2 Å². The Hall–Kier alpha value is -2.20. The van der Waals surface area contributed by atoms with E-state index in [4.69, 9.17) is 29.5 Å². The van der Waals surface area contributed by atoms with Crippen LogP contribution >= 0.6 is 0 Å². The summed E-state index contributed by atoms with van der Waals surface area (Å²) >= 11 is 0. The van der Waals surface area contributed by atoms with Gasteiger partial charge in [-0.25, -0.2) is 0 Å². The molecule has 2 unspecified atom stereocenters. The lowest BCUT2D eigenvalue weighted by Crippen LogP contribution is -2.41. The Kier molecular flexibility index (Phi) is 20.9. The van der Waals surface area contributed by atoms with Crippen LogP contribution in [0.15, 0.2) is 0 Å². The third kappa shape index (κ3) is 17.7. The fraction of sp³-hybridized carbons (Fsp3) is 0.875. The molecule has 0 spiro atoms. The van der Waals surface area contributed by atoms with E-state index in [1.54, 1.807) is 41.5 Å². The van der Waals surface area contributed by atoms with Crippen molar-refractivity contribution < 1.29 is 50.1 Å². The highest BCUT2D eigenvalue weighted by molar-refractivity contribution is 5.81. The Morgan fingerprint density at radius 2 is 0.929 bits per heavy atom. The van der Waals surface area contributed by atoms with E-state index in [0.717, 1.165) is 0 Å². The maximum atomic E-state index is 12.4. The second kappa shape index (κ2) is 19.9. The molecule has 10 nitrogen and oxygen atoms in total. The number of rotatable bonds is 15. The lowest BCUT2D eigenvalue weighted by Gasteiger charge is -2.35. The van der Waals surface area contributed by atoms with Gasteiger partial charge in [-0.15, -0.1) is 0 Å². The largest absolute Gasteiger partial charge is 1.00 e. The van der Waals surface area contributed by atoms with Gasteiger partial charge in [0.2, 0.25) is 0 Å². The minimum atomic E-state index is -0.943. The SMILES string of the molecule is CCC(C)(CC(C)(C)C(=O)OCCO)C(=O)O.CCC(C)(CC(C)(C)C(=O)OCCO)C(=O)OC(C)(C)C.CCCC.[H+]. The summed E-state index contributed by atoms with van der Waals surface area (Å²) in [6.07, 6.45) is 4.18. The second-order valence-corrected chi connectivity index (χ2v) is 13.5. The van der Waals surface area contributed by atoms with Crippen LogP contribution in [0.4, 0.5) is 0 Å². The number of aliphatic hydroxyl groups excluding tert-OH is 2. The third-order valence-electron chi connectivity index (χ3n) is 6.89. The van der Waals surface area contributed by atoms with Gasteiger partial charge in [0.15, 0.2) is 0 Å². The summed E-state index contributed by atoms with van der Waals surface area (Å²) in [6, 6.07) is 0. The van der Waals surface area contributed by atoms with Crippen LogP contribution in [0, 0.1) is 21.7 Å². The van der Waals surface area contributed by atoms with E-state index in [1.807, 2.05) is 34.6 Å². The number of aliphatic hydroxyl groups is 2. The highest BCUT2D eigenvalue weighted by Crippen LogP contribution is 2.39. The van der Waals surface area contributed by atoms with Crippen LogP contribution in [0.1, 0.15) is 130 Å². The molecule has 0 heterocycles.